The van der Waals surface area contributed by atoms with Crippen molar-refractivity contribution in [2.75, 3.05) is 24.3 Å². The van der Waals surface area contributed by atoms with Gasteiger partial charge >= 0.3 is 0 Å². The maximum atomic E-state index is 13.7. The van der Waals surface area contributed by atoms with Gasteiger partial charge in [0.15, 0.2) is 5.16 Å². The molecular weight excluding hydrogens is 473 g/mol. The molecule has 158 valence electrons. The van der Waals surface area contributed by atoms with Crippen LogP contribution in [-0.2, 0) is 16.1 Å². The first kappa shape index (κ1) is 22.5. The maximum absolute atomic E-state index is 13.7. The lowest BCUT2D eigenvalue weighted by Crippen LogP contribution is -2.25. The van der Waals surface area contributed by atoms with Gasteiger partial charge in [-0.3, -0.25) is 14.2 Å². The van der Waals surface area contributed by atoms with Gasteiger partial charge in [0.05, 0.1) is 22.3 Å². The van der Waals surface area contributed by atoms with Gasteiger partial charge in [-0.25, -0.2) is 9.37 Å². The molecule has 0 saturated carbocycles. The number of nitrogens with zero attached hydrogens (tertiary/aromatic N) is 2. The van der Waals surface area contributed by atoms with Crippen LogP contribution in [-0.4, -0.2) is 34.4 Å². The van der Waals surface area contributed by atoms with E-state index in [2.05, 4.69) is 26.2 Å². The SMILES string of the molecule is CCOCCCn1c(SCC(=O)Nc2ccccc2F)nc2ccc(Br)cc2c1=O. The second-order valence-electron chi connectivity index (χ2n) is 6.38. The number of carbonyl (C=O) groups excluding carboxylic acids is 1. The van der Waals surface area contributed by atoms with E-state index in [9.17, 15) is 14.0 Å². The number of hydrogen-bond acceptors (Lipinski definition) is 5. The van der Waals surface area contributed by atoms with E-state index >= 15 is 0 Å². The van der Waals surface area contributed by atoms with E-state index < -0.39 is 5.82 Å². The number of aromatic nitrogens is 2. The molecule has 2 aromatic carbocycles. The van der Waals surface area contributed by atoms with Gasteiger partial charge in [0.1, 0.15) is 5.82 Å². The van der Waals surface area contributed by atoms with E-state index in [4.69, 9.17) is 4.74 Å². The number of benzene rings is 2. The number of anilines is 1. The number of rotatable bonds is 9. The Bertz CT molecular complexity index is 1110. The minimum Gasteiger partial charge on any atom is -0.382 e. The lowest BCUT2D eigenvalue weighted by atomic mass is 10.2. The average Bonchev–Trinajstić information content (AvgIpc) is 2.73. The largest absolute Gasteiger partial charge is 0.382 e. The third-order valence-corrected chi connectivity index (χ3v) is 5.71. The molecule has 0 saturated heterocycles. The fourth-order valence-corrected chi connectivity index (χ4v) is 4.01. The molecule has 3 rings (SSSR count). The van der Waals surface area contributed by atoms with E-state index in [-0.39, 0.29) is 22.9 Å². The first-order valence-electron chi connectivity index (χ1n) is 9.44. The minimum atomic E-state index is -0.502. The molecule has 1 aromatic heterocycles. The Balaban J connectivity index is 1.81. The third kappa shape index (κ3) is 5.68. The van der Waals surface area contributed by atoms with Crippen molar-refractivity contribution in [1.29, 1.82) is 0 Å². The number of hydrogen-bond donors (Lipinski definition) is 1. The number of carbonyl (C=O) groups is 1. The van der Waals surface area contributed by atoms with Crippen molar-refractivity contribution in [3.8, 4) is 0 Å². The molecule has 1 N–H and O–H groups in total. The van der Waals surface area contributed by atoms with Crippen LogP contribution in [0, 0.1) is 5.82 Å². The molecule has 0 aliphatic carbocycles. The van der Waals surface area contributed by atoms with E-state index in [1.165, 1.54) is 12.1 Å². The summed E-state index contributed by atoms with van der Waals surface area (Å²) in [5, 5.41) is 3.48. The quantitative estimate of drug-likeness (QED) is 0.270. The van der Waals surface area contributed by atoms with E-state index in [0.29, 0.717) is 42.2 Å². The minimum absolute atomic E-state index is 0.00569. The molecule has 0 aliphatic heterocycles. The first-order chi connectivity index (χ1) is 14.5. The Hall–Kier alpha value is -2.23. The number of halogens is 2. The number of para-hydroxylation sites is 1. The van der Waals surface area contributed by atoms with Gasteiger partial charge in [0.2, 0.25) is 5.91 Å². The molecule has 1 amide bonds. The van der Waals surface area contributed by atoms with E-state index in [1.807, 2.05) is 13.0 Å². The van der Waals surface area contributed by atoms with Crippen LogP contribution in [0.2, 0.25) is 0 Å². The monoisotopic (exact) mass is 493 g/mol. The molecule has 3 aromatic rings. The topological polar surface area (TPSA) is 73.2 Å². The average molecular weight is 494 g/mol. The number of fused-ring (bicyclic) bond motifs is 1. The summed E-state index contributed by atoms with van der Waals surface area (Å²) in [5.41, 5.74) is 0.504. The summed E-state index contributed by atoms with van der Waals surface area (Å²) in [6.07, 6.45) is 0.643. The summed E-state index contributed by atoms with van der Waals surface area (Å²) in [6.45, 7) is 3.47. The maximum Gasteiger partial charge on any atom is 0.262 e. The van der Waals surface area contributed by atoms with Crippen LogP contribution in [0.3, 0.4) is 0 Å². The van der Waals surface area contributed by atoms with Gasteiger partial charge in [-0.15, -0.1) is 0 Å². The highest BCUT2D eigenvalue weighted by atomic mass is 79.9. The highest BCUT2D eigenvalue weighted by Gasteiger charge is 2.14. The lowest BCUT2D eigenvalue weighted by molar-refractivity contribution is -0.113. The van der Waals surface area contributed by atoms with Crippen LogP contribution in [0.1, 0.15) is 13.3 Å². The molecule has 1 heterocycles. The first-order valence-corrected chi connectivity index (χ1v) is 11.2. The molecule has 0 fully saturated rings. The van der Waals surface area contributed by atoms with Crippen molar-refractivity contribution in [2.45, 2.75) is 25.0 Å². The Labute approximate surface area is 186 Å². The fraction of sp³-hybridized carbons (Fsp3) is 0.286. The molecule has 30 heavy (non-hydrogen) atoms. The molecule has 0 radical (unpaired) electrons. The number of ether oxygens (including phenoxy) is 1. The molecule has 0 aliphatic rings. The summed E-state index contributed by atoms with van der Waals surface area (Å²) < 4.78 is 21.5. The van der Waals surface area contributed by atoms with Crippen molar-refractivity contribution in [3.05, 3.63) is 63.1 Å². The van der Waals surface area contributed by atoms with Crippen LogP contribution in [0.4, 0.5) is 10.1 Å². The molecular formula is C21H21BrFN3O3S. The van der Waals surface area contributed by atoms with Crippen molar-refractivity contribution < 1.29 is 13.9 Å². The van der Waals surface area contributed by atoms with Crippen LogP contribution in [0.5, 0.6) is 0 Å². The number of thioether (sulfide) groups is 1. The molecule has 9 heteroatoms. The van der Waals surface area contributed by atoms with Crippen LogP contribution in [0.15, 0.2) is 56.9 Å². The van der Waals surface area contributed by atoms with Crippen molar-refractivity contribution in [1.82, 2.24) is 9.55 Å². The van der Waals surface area contributed by atoms with E-state index in [0.717, 1.165) is 16.2 Å². The highest BCUT2D eigenvalue weighted by molar-refractivity contribution is 9.10. The molecule has 0 spiro atoms. The Morgan fingerprint density at radius 3 is 2.87 bits per heavy atom. The second-order valence-corrected chi connectivity index (χ2v) is 8.24. The zero-order chi connectivity index (χ0) is 21.5. The van der Waals surface area contributed by atoms with Crippen LogP contribution in [0.25, 0.3) is 10.9 Å². The zero-order valence-electron chi connectivity index (χ0n) is 16.4. The molecule has 0 unspecified atom stereocenters. The predicted octanol–water partition coefficient (Wildman–Crippen LogP) is 4.46. The van der Waals surface area contributed by atoms with Crippen molar-refractivity contribution in [3.63, 3.8) is 0 Å². The summed E-state index contributed by atoms with van der Waals surface area (Å²) in [4.78, 5) is 29.9. The normalized spacial score (nSPS) is 11.0. The third-order valence-electron chi connectivity index (χ3n) is 4.24. The lowest BCUT2D eigenvalue weighted by Gasteiger charge is -2.13. The summed E-state index contributed by atoms with van der Waals surface area (Å²) in [7, 11) is 0. The Morgan fingerprint density at radius 2 is 2.10 bits per heavy atom. The molecule has 0 atom stereocenters. The smallest absolute Gasteiger partial charge is 0.262 e. The van der Waals surface area contributed by atoms with Crippen molar-refractivity contribution >= 4 is 50.2 Å². The number of nitrogens with one attached hydrogen (secondary N) is 1. The van der Waals surface area contributed by atoms with E-state index in [1.54, 1.807) is 28.8 Å². The zero-order valence-corrected chi connectivity index (χ0v) is 18.8. The summed E-state index contributed by atoms with van der Waals surface area (Å²) in [5.74, 6) is -0.886. The van der Waals surface area contributed by atoms with Gasteiger partial charge in [-0.2, -0.15) is 0 Å². The van der Waals surface area contributed by atoms with Gasteiger partial charge in [-0.05, 0) is 43.7 Å². The Kier molecular flexibility index (Phi) is 8.01. The van der Waals surface area contributed by atoms with Crippen LogP contribution < -0.4 is 10.9 Å². The predicted molar refractivity (Wildman–Crippen MR) is 121 cm³/mol. The van der Waals surface area contributed by atoms with Gasteiger partial charge in [0, 0.05) is 24.2 Å². The molecule has 6 nitrogen and oxygen atoms in total. The van der Waals surface area contributed by atoms with Crippen LogP contribution >= 0.6 is 27.7 Å². The van der Waals surface area contributed by atoms with Gasteiger partial charge in [0.25, 0.3) is 5.56 Å². The second kappa shape index (κ2) is 10.7. The summed E-state index contributed by atoms with van der Waals surface area (Å²) >= 11 is 4.53. The standard InChI is InChI=1S/C21H21BrFN3O3S/c1-2-29-11-5-10-26-20(28)15-12-14(22)8-9-17(15)25-21(26)30-13-19(27)24-18-7-4-3-6-16(18)23/h3-4,6-9,12H,2,5,10-11,13H2,1H3,(H,24,27). The summed E-state index contributed by atoms with van der Waals surface area (Å²) in [6, 6.07) is 11.3. The molecule has 0 bridgehead atoms. The Morgan fingerprint density at radius 1 is 1.30 bits per heavy atom. The highest BCUT2D eigenvalue weighted by Crippen LogP contribution is 2.21. The van der Waals surface area contributed by atoms with Gasteiger partial charge in [-0.1, -0.05) is 39.8 Å². The fourth-order valence-electron chi connectivity index (χ4n) is 2.83. The van der Waals surface area contributed by atoms with Crippen molar-refractivity contribution in [2.24, 2.45) is 0 Å². The van der Waals surface area contributed by atoms with Gasteiger partial charge < -0.3 is 10.1 Å². The number of amides is 1.